The van der Waals surface area contributed by atoms with E-state index >= 15 is 0 Å². The van der Waals surface area contributed by atoms with Gasteiger partial charge >= 0.3 is 0 Å². The molecule has 3 heterocycles. The van der Waals surface area contributed by atoms with Gasteiger partial charge in [-0.15, -0.1) is 0 Å². The number of ether oxygens (including phenoxy) is 1. The maximum Gasteiger partial charge on any atom is 0.235 e. The van der Waals surface area contributed by atoms with E-state index in [-0.39, 0.29) is 0 Å². The lowest BCUT2D eigenvalue weighted by atomic mass is 9.96. The number of aromatic nitrogens is 3. The smallest absolute Gasteiger partial charge is 0.235 e. The van der Waals surface area contributed by atoms with Gasteiger partial charge in [-0.3, -0.25) is 4.57 Å². The van der Waals surface area contributed by atoms with Crippen molar-refractivity contribution in [3.63, 3.8) is 0 Å². The second kappa shape index (κ2) is 14.0. The molecule has 0 unspecified atom stereocenters. The van der Waals surface area contributed by atoms with Crippen LogP contribution in [0.1, 0.15) is 0 Å². The lowest BCUT2D eigenvalue weighted by molar-refractivity contribution is 0.477. The molecule has 0 saturated carbocycles. The Morgan fingerprint density at radius 2 is 1.02 bits per heavy atom. The molecule has 0 bridgehead atoms. The molecule has 2 aromatic heterocycles. The molecular weight excluding hydrogens is 769 g/mol. The number of rotatable bonds is 5. The van der Waals surface area contributed by atoms with E-state index in [9.17, 15) is 0 Å². The van der Waals surface area contributed by atoms with Gasteiger partial charge in [0.2, 0.25) is 5.95 Å². The summed E-state index contributed by atoms with van der Waals surface area (Å²) in [4.78, 5) is 13.1. The van der Waals surface area contributed by atoms with Crippen LogP contribution >= 0.6 is 0 Å². The van der Waals surface area contributed by atoms with Gasteiger partial charge in [0.05, 0.1) is 33.6 Å². The number of fused-ring (bicyclic) bond motifs is 9. The van der Waals surface area contributed by atoms with Gasteiger partial charge in [0.15, 0.2) is 11.5 Å². The molecule has 5 heteroatoms. The van der Waals surface area contributed by atoms with Crippen LogP contribution in [0.5, 0.6) is 11.5 Å². The summed E-state index contributed by atoms with van der Waals surface area (Å²) in [5, 5.41) is 8.16. The third-order valence-corrected chi connectivity index (χ3v) is 12.6. The Bertz CT molecular complexity index is 3770. The molecular formula is C58H36N4O. The van der Waals surface area contributed by atoms with Crippen LogP contribution in [-0.4, -0.2) is 14.5 Å². The predicted molar refractivity (Wildman–Crippen MR) is 260 cm³/mol. The molecule has 63 heavy (non-hydrogen) atoms. The summed E-state index contributed by atoms with van der Waals surface area (Å²) in [7, 11) is 0. The van der Waals surface area contributed by atoms with Crippen molar-refractivity contribution in [1.29, 1.82) is 0 Å². The van der Waals surface area contributed by atoms with Crippen LogP contribution in [-0.2, 0) is 0 Å². The molecule has 0 aliphatic carbocycles. The van der Waals surface area contributed by atoms with E-state index in [1.54, 1.807) is 0 Å². The number of hydrogen-bond donors (Lipinski definition) is 0. The number of para-hydroxylation sites is 4. The van der Waals surface area contributed by atoms with E-state index in [0.717, 1.165) is 78.3 Å². The van der Waals surface area contributed by atoms with Crippen molar-refractivity contribution in [2.75, 3.05) is 4.90 Å². The zero-order valence-electron chi connectivity index (χ0n) is 34.0. The quantitative estimate of drug-likeness (QED) is 0.174. The second-order valence-corrected chi connectivity index (χ2v) is 16.2. The Balaban J connectivity index is 0.987. The Labute approximate surface area is 363 Å². The third-order valence-electron chi connectivity index (χ3n) is 12.6. The van der Waals surface area contributed by atoms with Crippen LogP contribution in [0.4, 0.5) is 17.1 Å². The summed E-state index contributed by atoms with van der Waals surface area (Å²) in [5.41, 5.74) is 12.6. The number of benzene rings is 10. The normalized spacial score (nSPS) is 12.2. The minimum atomic E-state index is 0.632. The monoisotopic (exact) mass is 804 g/mol. The first-order valence-corrected chi connectivity index (χ1v) is 21.3. The van der Waals surface area contributed by atoms with Gasteiger partial charge in [0, 0.05) is 27.4 Å². The Morgan fingerprint density at radius 1 is 0.381 bits per heavy atom. The maximum atomic E-state index is 6.50. The highest BCUT2D eigenvalue weighted by atomic mass is 16.5. The summed E-state index contributed by atoms with van der Waals surface area (Å²) in [6, 6.07) is 77.3. The molecule has 0 amide bonds. The van der Waals surface area contributed by atoms with Crippen LogP contribution in [0.25, 0.3) is 93.7 Å². The summed E-state index contributed by atoms with van der Waals surface area (Å²) >= 11 is 0. The standard InChI is InChI=1S/C58H36N4O/c1-2-16-43(17-3-1)61-51-23-10-11-24-54(51)63-55-34-31-42(36-53(55)61)41-30-32-50-48(35-41)56-46-19-7-5-14-38(46)29-33-52(56)62(50)58-59-49-22-9-8-20-47(49)57(60-58)40-27-25-39(26-28-40)45-21-12-15-37-13-4-6-18-44(37)45/h1-36H. The molecule has 294 valence electrons. The van der Waals surface area contributed by atoms with Crippen molar-refractivity contribution in [2.24, 2.45) is 0 Å². The van der Waals surface area contributed by atoms with E-state index in [1.165, 1.54) is 38.1 Å². The van der Waals surface area contributed by atoms with Gasteiger partial charge in [-0.1, -0.05) is 158 Å². The molecule has 1 aliphatic heterocycles. The molecule has 0 fully saturated rings. The number of hydrogen-bond acceptors (Lipinski definition) is 4. The molecule has 5 nitrogen and oxygen atoms in total. The molecule has 0 spiro atoms. The van der Waals surface area contributed by atoms with Crippen molar-refractivity contribution in [3.05, 3.63) is 218 Å². The minimum Gasteiger partial charge on any atom is -0.453 e. The zero-order valence-corrected chi connectivity index (χ0v) is 34.0. The fraction of sp³-hybridized carbons (Fsp3) is 0. The van der Waals surface area contributed by atoms with Gasteiger partial charge in [-0.05, 0) is 104 Å². The highest BCUT2D eigenvalue weighted by Gasteiger charge is 2.27. The number of anilines is 3. The molecule has 0 atom stereocenters. The molecule has 0 radical (unpaired) electrons. The molecule has 12 aromatic rings. The van der Waals surface area contributed by atoms with E-state index in [0.29, 0.717) is 5.95 Å². The van der Waals surface area contributed by atoms with Crippen molar-refractivity contribution in [3.8, 4) is 51.0 Å². The Morgan fingerprint density at radius 3 is 1.89 bits per heavy atom. The lowest BCUT2D eigenvalue weighted by Gasteiger charge is -2.33. The topological polar surface area (TPSA) is 43.2 Å². The van der Waals surface area contributed by atoms with Crippen molar-refractivity contribution in [1.82, 2.24) is 14.5 Å². The fourth-order valence-corrected chi connectivity index (χ4v) is 9.64. The van der Waals surface area contributed by atoms with Crippen LogP contribution in [0.3, 0.4) is 0 Å². The largest absolute Gasteiger partial charge is 0.453 e. The summed E-state index contributed by atoms with van der Waals surface area (Å²) < 4.78 is 8.75. The van der Waals surface area contributed by atoms with E-state index < -0.39 is 0 Å². The van der Waals surface area contributed by atoms with E-state index in [4.69, 9.17) is 14.7 Å². The highest BCUT2D eigenvalue weighted by molar-refractivity contribution is 6.22. The van der Waals surface area contributed by atoms with E-state index in [2.05, 4.69) is 216 Å². The van der Waals surface area contributed by atoms with Gasteiger partial charge < -0.3 is 9.64 Å². The van der Waals surface area contributed by atoms with Crippen molar-refractivity contribution >= 4 is 71.3 Å². The Kier molecular flexibility index (Phi) is 7.84. The van der Waals surface area contributed by atoms with Crippen molar-refractivity contribution in [2.45, 2.75) is 0 Å². The van der Waals surface area contributed by atoms with Gasteiger partial charge in [0.25, 0.3) is 0 Å². The first-order chi connectivity index (χ1) is 31.2. The maximum absolute atomic E-state index is 6.50. The molecule has 0 N–H and O–H groups in total. The minimum absolute atomic E-state index is 0.632. The van der Waals surface area contributed by atoms with Crippen molar-refractivity contribution < 1.29 is 4.74 Å². The molecule has 1 aliphatic rings. The predicted octanol–water partition coefficient (Wildman–Crippen LogP) is 15.6. The zero-order chi connectivity index (χ0) is 41.4. The summed E-state index contributed by atoms with van der Waals surface area (Å²) in [6.45, 7) is 0. The molecule has 13 rings (SSSR count). The van der Waals surface area contributed by atoms with Crippen LogP contribution in [0, 0.1) is 0 Å². The van der Waals surface area contributed by atoms with Crippen LogP contribution in [0.2, 0.25) is 0 Å². The SMILES string of the molecule is c1ccc(N2c3ccccc3Oc3ccc(-c4ccc5c(c4)c4c6ccccc6ccc4n5-c4nc(-c5ccc(-c6cccc7ccccc67)cc5)c5ccccc5n4)cc32)cc1. The van der Waals surface area contributed by atoms with E-state index in [1.807, 2.05) is 12.1 Å². The van der Waals surface area contributed by atoms with Gasteiger partial charge in [-0.25, -0.2) is 9.97 Å². The summed E-state index contributed by atoms with van der Waals surface area (Å²) in [5.74, 6) is 2.28. The van der Waals surface area contributed by atoms with Crippen LogP contribution in [0.15, 0.2) is 218 Å². The average Bonchev–Trinajstić information content (AvgIpc) is 3.69. The van der Waals surface area contributed by atoms with Gasteiger partial charge in [-0.2, -0.15) is 0 Å². The fourth-order valence-electron chi connectivity index (χ4n) is 9.64. The van der Waals surface area contributed by atoms with Crippen LogP contribution < -0.4 is 9.64 Å². The molecule has 10 aromatic carbocycles. The summed E-state index contributed by atoms with van der Waals surface area (Å²) in [6.07, 6.45) is 0. The van der Waals surface area contributed by atoms with Gasteiger partial charge in [0.1, 0.15) is 0 Å². The third kappa shape index (κ3) is 5.64. The first-order valence-electron chi connectivity index (χ1n) is 21.3. The molecule has 0 saturated heterocycles. The Hall–Kier alpha value is -8.54. The highest BCUT2D eigenvalue weighted by Crippen LogP contribution is 2.51. The lowest BCUT2D eigenvalue weighted by Crippen LogP contribution is -2.15. The first kappa shape index (κ1) is 35.2. The second-order valence-electron chi connectivity index (χ2n) is 16.2. The average molecular weight is 805 g/mol. The number of nitrogens with zero attached hydrogens (tertiary/aromatic N) is 4.